The fourth-order valence-electron chi connectivity index (χ4n) is 2.82. The van der Waals surface area contributed by atoms with Gasteiger partial charge in [0.1, 0.15) is 11.6 Å². The number of hydrazone groups is 1. The lowest BCUT2D eigenvalue weighted by atomic mass is 10.2. The number of nitrogens with one attached hydrogen (secondary N) is 3. The first-order valence-electron chi connectivity index (χ1n) is 10.0. The number of carbonyl (C=O) groups excluding carboxylic acids is 3. The Hall–Kier alpha value is -3.79. The van der Waals surface area contributed by atoms with Crippen molar-refractivity contribution < 1.29 is 28.2 Å². The third-order valence-electron chi connectivity index (χ3n) is 4.49. The molecule has 1 saturated heterocycles. The Balaban J connectivity index is 1.37. The molecule has 2 aromatic rings. The molecule has 168 valence electrons. The number of carbonyl (C=O) groups is 3. The van der Waals surface area contributed by atoms with Gasteiger partial charge in [0.15, 0.2) is 6.61 Å². The normalized spacial score (nSPS) is 15.3. The number of rotatable bonds is 8. The molecule has 10 heteroatoms. The lowest BCUT2D eigenvalue weighted by Gasteiger charge is -2.11. The molecular weight excluding hydrogens is 419 g/mol. The van der Waals surface area contributed by atoms with Gasteiger partial charge in [-0.3, -0.25) is 14.4 Å². The van der Waals surface area contributed by atoms with Gasteiger partial charge in [-0.25, -0.2) is 9.82 Å². The molecule has 1 heterocycles. The van der Waals surface area contributed by atoms with Gasteiger partial charge in [0, 0.05) is 18.8 Å². The maximum Gasteiger partial charge on any atom is 0.329 e. The first-order chi connectivity index (χ1) is 15.5. The van der Waals surface area contributed by atoms with Crippen LogP contribution in [0.25, 0.3) is 0 Å². The lowest BCUT2D eigenvalue weighted by molar-refractivity contribution is -0.136. The van der Waals surface area contributed by atoms with Gasteiger partial charge in [-0.15, -0.1) is 0 Å². The Kier molecular flexibility index (Phi) is 8.27. The molecule has 1 aliphatic heterocycles. The van der Waals surface area contributed by atoms with Crippen LogP contribution in [0.3, 0.4) is 0 Å². The van der Waals surface area contributed by atoms with Crippen molar-refractivity contribution in [2.75, 3.05) is 25.1 Å². The van der Waals surface area contributed by atoms with Crippen LogP contribution < -0.4 is 20.8 Å². The van der Waals surface area contributed by atoms with Crippen molar-refractivity contribution in [1.29, 1.82) is 0 Å². The van der Waals surface area contributed by atoms with Gasteiger partial charge < -0.3 is 20.1 Å². The molecule has 1 aliphatic rings. The summed E-state index contributed by atoms with van der Waals surface area (Å²) in [5.74, 6) is -2.09. The molecule has 0 saturated carbocycles. The SMILES string of the molecule is O=C(COc1ccc(/C=N\NC(=O)C(=O)Nc2ccc(F)cc2)cc1)NC[C@@H]1CCCO1. The number of hydrogen-bond acceptors (Lipinski definition) is 6. The van der Waals surface area contributed by atoms with Crippen LogP contribution in [-0.4, -0.2) is 49.8 Å². The zero-order chi connectivity index (χ0) is 22.8. The van der Waals surface area contributed by atoms with Crippen LogP contribution in [0.5, 0.6) is 5.75 Å². The van der Waals surface area contributed by atoms with Crippen molar-refractivity contribution >= 4 is 29.6 Å². The van der Waals surface area contributed by atoms with Gasteiger partial charge in [-0.2, -0.15) is 5.10 Å². The zero-order valence-electron chi connectivity index (χ0n) is 17.2. The van der Waals surface area contributed by atoms with Gasteiger partial charge >= 0.3 is 11.8 Å². The van der Waals surface area contributed by atoms with E-state index in [1.807, 2.05) is 0 Å². The third-order valence-corrected chi connectivity index (χ3v) is 4.49. The Morgan fingerprint density at radius 3 is 2.53 bits per heavy atom. The molecule has 2 aromatic carbocycles. The van der Waals surface area contributed by atoms with Crippen LogP contribution in [-0.2, 0) is 19.1 Å². The van der Waals surface area contributed by atoms with E-state index in [2.05, 4.69) is 21.2 Å². The first kappa shape index (κ1) is 22.9. The number of amides is 3. The van der Waals surface area contributed by atoms with Crippen molar-refractivity contribution in [3.8, 4) is 5.75 Å². The molecule has 0 aliphatic carbocycles. The molecule has 9 nitrogen and oxygen atoms in total. The molecule has 0 unspecified atom stereocenters. The quantitative estimate of drug-likeness (QED) is 0.326. The van der Waals surface area contributed by atoms with Gasteiger partial charge in [0.2, 0.25) is 0 Å². The number of halogens is 1. The molecule has 0 spiro atoms. The number of benzene rings is 2. The minimum absolute atomic E-state index is 0.0759. The van der Waals surface area contributed by atoms with Crippen molar-refractivity contribution in [3.63, 3.8) is 0 Å². The number of anilines is 1. The van der Waals surface area contributed by atoms with E-state index in [0.717, 1.165) is 31.6 Å². The predicted octanol–water partition coefficient (Wildman–Crippen LogP) is 1.59. The van der Waals surface area contributed by atoms with E-state index in [1.165, 1.54) is 18.3 Å². The first-order valence-corrected chi connectivity index (χ1v) is 10.0. The van der Waals surface area contributed by atoms with Crippen molar-refractivity contribution in [2.24, 2.45) is 5.10 Å². The Labute approximate surface area is 184 Å². The second kappa shape index (κ2) is 11.6. The highest BCUT2D eigenvalue weighted by molar-refractivity contribution is 6.39. The van der Waals surface area contributed by atoms with Gasteiger partial charge in [0.25, 0.3) is 5.91 Å². The van der Waals surface area contributed by atoms with Crippen molar-refractivity contribution in [2.45, 2.75) is 18.9 Å². The number of hydrogen-bond donors (Lipinski definition) is 3. The standard InChI is InChI=1S/C22H23FN4O5/c23-16-5-7-17(8-6-16)26-21(29)22(30)27-25-12-15-3-9-18(10-4-15)32-14-20(28)24-13-19-2-1-11-31-19/h3-10,12,19H,1-2,11,13-14H2,(H,24,28)(H,26,29)(H,27,30)/b25-12-/t19-/m0/s1. The highest BCUT2D eigenvalue weighted by Gasteiger charge is 2.16. The molecule has 32 heavy (non-hydrogen) atoms. The van der Waals surface area contributed by atoms with Crippen molar-refractivity contribution in [1.82, 2.24) is 10.7 Å². The van der Waals surface area contributed by atoms with Crippen LogP contribution in [0.4, 0.5) is 10.1 Å². The Morgan fingerprint density at radius 2 is 1.84 bits per heavy atom. The smallest absolute Gasteiger partial charge is 0.329 e. The molecule has 0 radical (unpaired) electrons. The van der Waals surface area contributed by atoms with Crippen LogP contribution in [0, 0.1) is 5.82 Å². The Morgan fingerprint density at radius 1 is 1.09 bits per heavy atom. The lowest BCUT2D eigenvalue weighted by Crippen LogP contribution is -2.35. The highest BCUT2D eigenvalue weighted by atomic mass is 19.1. The van der Waals surface area contributed by atoms with E-state index in [4.69, 9.17) is 9.47 Å². The minimum Gasteiger partial charge on any atom is -0.484 e. The second-order valence-corrected chi connectivity index (χ2v) is 6.96. The average Bonchev–Trinajstić information content (AvgIpc) is 3.32. The van der Waals surface area contributed by atoms with Crippen molar-refractivity contribution in [3.05, 3.63) is 59.9 Å². The second-order valence-electron chi connectivity index (χ2n) is 6.96. The molecule has 3 amide bonds. The predicted molar refractivity (Wildman–Crippen MR) is 115 cm³/mol. The fraction of sp³-hybridized carbons (Fsp3) is 0.273. The van der Waals surface area contributed by atoms with Gasteiger partial charge in [-0.05, 0) is 66.9 Å². The molecule has 3 N–H and O–H groups in total. The van der Waals surface area contributed by atoms with E-state index >= 15 is 0 Å². The largest absolute Gasteiger partial charge is 0.484 e. The Bertz CT molecular complexity index is 957. The summed E-state index contributed by atoms with van der Waals surface area (Å²) >= 11 is 0. The van der Waals surface area contributed by atoms with Crippen LogP contribution in [0.2, 0.25) is 0 Å². The average molecular weight is 442 g/mol. The molecule has 3 rings (SSSR count). The van der Waals surface area contributed by atoms with E-state index < -0.39 is 17.6 Å². The molecular formula is C22H23FN4O5. The maximum absolute atomic E-state index is 12.9. The van der Waals surface area contributed by atoms with Gasteiger partial charge in [0.05, 0.1) is 12.3 Å². The van der Waals surface area contributed by atoms with E-state index in [-0.39, 0.29) is 24.3 Å². The van der Waals surface area contributed by atoms with Crippen LogP contribution in [0.15, 0.2) is 53.6 Å². The summed E-state index contributed by atoms with van der Waals surface area (Å²) in [5.41, 5.74) is 3.03. The molecule has 0 bridgehead atoms. The monoisotopic (exact) mass is 442 g/mol. The summed E-state index contributed by atoms with van der Waals surface area (Å²) in [7, 11) is 0. The minimum atomic E-state index is -0.973. The summed E-state index contributed by atoms with van der Waals surface area (Å²) in [6.07, 6.45) is 3.39. The third kappa shape index (κ3) is 7.47. The van der Waals surface area contributed by atoms with Gasteiger partial charge in [-0.1, -0.05) is 0 Å². The number of ether oxygens (including phenoxy) is 2. The fourth-order valence-corrected chi connectivity index (χ4v) is 2.82. The summed E-state index contributed by atoms with van der Waals surface area (Å²) in [6, 6.07) is 11.6. The summed E-state index contributed by atoms with van der Waals surface area (Å²) in [4.78, 5) is 35.4. The molecule has 1 fully saturated rings. The van der Waals surface area contributed by atoms with E-state index in [0.29, 0.717) is 17.9 Å². The summed E-state index contributed by atoms with van der Waals surface area (Å²) < 4.78 is 23.7. The van der Waals surface area contributed by atoms with Crippen LogP contribution in [0.1, 0.15) is 18.4 Å². The summed E-state index contributed by atoms with van der Waals surface area (Å²) in [5, 5.41) is 8.82. The zero-order valence-corrected chi connectivity index (χ0v) is 17.2. The topological polar surface area (TPSA) is 118 Å². The maximum atomic E-state index is 12.9. The van der Waals surface area contributed by atoms with E-state index in [1.54, 1.807) is 24.3 Å². The molecule has 0 aromatic heterocycles. The van der Waals surface area contributed by atoms with Crippen LogP contribution >= 0.6 is 0 Å². The molecule has 1 atom stereocenters. The summed E-state index contributed by atoms with van der Waals surface area (Å²) in [6.45, 7) is 1.10. The highest BCUT2D eigenvalue weighted by Crippen LogP contribution is 2.12. The van der Waals surface area contributed by atoms with E-state index in [9.17, 15) is 18.8 Å². The number of nitrogens with zero attached hydrogens (tertiary/aromatic N) is 1.